The third kappa shape index (κ3) is 4.75. The molecule has 0 fully saturated rings. The van der Waals surface area contributed by atoms with Crippen LogP contribution in [0.25, 0.3) is 53.7 Å². The molecular weight excluding hydrogens is 507 g/mol. The van der Waals surface area contributed by atoms with E-state index in [1.165, 1.54) is 64.3 Å². The van der Waals surface area contributed by atoms with Crippen LogP contribution in [-0.4, -0.2) is 13.1 Å². The molecule has 0 N–H and O–H groups in total. The molecule has 0 spiro atoms. The van der Waals surface area contributed by atoms with Crippen molar-refractivity contribution in [2.75, 3.05) is 0 Å². The van der Waals surface area contributed by atoms with Gasteiger partial charge in [0.05, 0.1) is 18.5 Å². The molecule has 2 heterocycles. The van der Waals surface area contributed by atoms with Gasteiger partial charge in [-0.1, -0.05) is 105 Å². The smallest absolute Gasteiger partial charge is 0.0880 e. The van der Waals surface area contributed by atoms with Crippen molar-refractivity contribution in [2.45, 2.75) is 46.3 Å². The number of aryl methyl sites for hydroxylation is 1. The Bertz CT molecular complexity index is 1810. The summed E-state index contributed by atoms with van der Waals surface area (Å²) in [5, 5.41) is 5.40. The van der Waals surface area contributed by atoms with Crippen LogP contribution in [0.3, 0.4) is 0 Å². The van der Waals surface area contributed by atoms with E-state index in [2.05, 4.69) is 131 Å². The first kappa shape index (κ1) is 25.7. The highest BCUT2D eigenvalue weighted by atomic mass is 32.1. The Kier molecular flexibility index (Phi) is 6.53. The third-order valence-corrected chi connectivity index (χ3v) is 11.3. The number of nitrogens with zero attached hydrogens (tertiary/aromatic N) is 1. The van der Waals surface area contributed by atoms with Gasteiger partial charge in [-0.2, -0.15) is 0 Å². The summed E-state index contributed by atoms with van der Waals surface area (Å²) in [6.45, 7) is 14.0. The molecule has 2 aromatic heterocycles. The van der Waals surface area contributed by atoms with E-state index < -0.39 is 8.07 Å². The lowest BCUT2D eigenvalue weighted by molar-refractivity contribution is 0.876. The van der Waals surface area contributed by atoms with Gasteiger partial charge in [0.1, 0.15) is 0 Å². The summed E-state index contributed by atoms with van der Waals surface area (Å²) in [5.41, 5.74) is 8.79. The van der Waals surface area contributed by atoms with Crippen LogP contribution in [0.1, 0.15) is 30.9 Å². The first-order valence-corrected chi connectivity index (χ1v) is 18.1. The molecule has 3 heteroatoms. The minimum Gasteiger partial charge on any atom is -0.255 e. The number of hydrogen-bond acceptors (Lipinski definition) is 2. The quantitative estimate of drug-likeness (QED) is 0.198. The molecular formula is C36H35NSSi. The molecule has 0 saturated heterocycles. The number of benzene rings is 4. The molecule has 0 bridgehead atoms. The van der Waals surface area contributed by atoms with Crippen molar-refractivity contribution in [2.24, 2.45) is 0 Å². The zero-order chi connectivity index (χ0) is 27.3. The molecule has 0 unspecified atom stereocenters. The maximum atomic E-state index is 4.98. The number of rotatable bonds is 5. The highest BCUT2D eigenvalue weighted by Gasteiger charge is 2.19. The number of aromatic nitrogens is 1. The van der Waals surface area contributed by atoms with Gasteiger partial charge in [-0.05, 0) is 81.1 Å². The van der Waals surface area contributed by atoms with Crippen LogP contribution in [0.15, 0.2) is 97.2 Å². The minimum atomic E-state index is -1.33. The van der Waals surface area contributed by atoms with Crippen LogP contribution in [0.2, 0.25) is 19.6 Å². The van der Waals surface area contributed by atoms with Gasteiger partial charge >= 0.3 is 0 Å². The van der Waals surface area contributed by atoms with Crippen molar-refractivity contribution < 1.29 is 0 Å². The first-order chi connectivity index (χ1) is 18.7. The SMILES string of the molecule is Cc1c(-c2ccc([Si](C)(C)C)cc2)sc2c(-c3cc(C(C)C)c4ccc(-c5ccccc5)cc4c3)nccc12. The average Bonchev–Trinajstić information content (AvgIpc) is 3.28. The Morgan fingerprint density at radius 2 is 1.38 bits per heavy atom. The van der Waals surface area contributed by atoms with Crippen molar-refractivity contribution in [3.8, 4) is 32.8 Å². The Hall–Kier alpha value is -3.53. The molecule has 194 valence electrons. The number of fused-ring (bicyclic) bond motifs is 2. The highest BCUT2D eigenvalue weighted by molar-refractivity contribution is 7.23. The lowest BCUT2D eigenvalue weighted by Gasteiger charge is -2.16. The fourth-order valence-corrected chi connectivity index (χ4v) is 8.06. The van der Waals surface area contributed by atoms with Crippen LogP contribution in [-0.2, 0) is 0 Å². The largest absolute Gasteiger partial charge is 0.255 e. The summed E-state index contributed by atoms with van der Waals surface area (Å²) in [7, 11) is -1.33. The summed E-state index contributed by atoms with van der Waals surface area (Å²) < 4.78 is 1.27. The van der Waals surface area contributed by atoms with Crippen LogP contribution >= 0.6 is 11.3 Å². The van der Waals surface area contributed by atoms with Crippen molar-refractivity contribution in [3.05, 3.63) is 108 Å². The zero-order valence-electron chi connectivity index (χ0n) is 23.7. The van der Waals surface area contributed by atoms with Crippen LogP contribution in [0.5, 0.6) is 0 Å². The van der Waals surface area contributed by atoms with Gasteiger partial charge in [-0.3, -0.25) is 4.98 Å². The Labute approximate surface area is 237 Å². The van der Waals surface area contributed by atoms with E-state index in [4.69, 9.17) is 4.98 Å². The van der Waals surface area contributed by atoms with Crippen molar-refractivity contribution in [3.63, 3.8) is 0 Å². The molecule has 0 atom stereocenters. The highest BCUT2D eigenvalue weighted by Crippen LogP contribution is 2.43. The fourth-order valence-electron chi connectivity index (χ4n) is 5.57. The van der Waals surface area contributed by atoms with E-state index in [1.54, 1.807) is 0 Å². The van der Waals surface area contributed by atoms with Gasteiger partial charge in [0.2, 0.25) is 0 Å². The molecule has 0 aliphatic heterocycles. The van der Waals surface area contributed by atoms with Crippen LogP contribution in [0.4, 0.5) is 0 Å². The second-order valence-electron chi connectivity index (χ2n) is 11.9. The molecule has 0 radical (unpaired) electrons. The van der Waals surface area contributed by atoms with E-state index >= 15 is 0 Å². The zero-order valence-corrected chi connectivity index (χ0v) is 25.5. The molecule has 0 aliphatic rings. The molecule has 4 aromatic carbocycles. The van der Waals surface area contributed by atoms with Crippen molar-refractivity contribution >= 4 is 45.5 Å². The second kappa shape index (κ2) is 9.89. The van der Waals surface area contributed by atoms with E-state index in [0.717, 1.165) is 5.69 Å². The van der Waals surface area contributed by atoms with E-state index in [-0.39, 0.29) is 0 Å². The fraction of sp³-hybridized carbons (Fsp3) is 0.194. The molecule has 6 rings (SSSR count). The van der Waals surface area contributed by atoms with Crippen LogP contribution < -0.4 is 5.19 Å². The summed E-state index contributed by atoms with van der Waals surface area (Å²) in [5.74, 6) is 0.416. The Morgan fingerprint density at radius 1 is 0.692 bits per heavy atom. The lowest BCUT2D eigenvalue weighted by Crippen LogP contribution is -2.37. The van der Waals surface area contributed by atoms with Crippen molar-refractivity contribution in [1.29, 1.82) is 0 Å². The number of pyridine rings is 1. The molecule has 39 heavy (non-hydrogen) atoms. The molecule has 0 amide bonds. The standard InChI is InChI=1S/C36H35NSSi/c1-23(2)33-22-29(21-28-20-27(14-17-32(28)33)25-10-8-7-9-11-25)34-36-31(18-19-37-34)24(3)35(38-36)26-12-15-30(16-13-26)39(4,5)6/h7-23H,1-6H3. The third-order valence-electron chi connectivity index (χ3n) is 7.85. The van der Waals surface area contributed by atoms with Gasteiger partial charge in [0.15, 0.2) is 0 Å². The van der Waals surface area contributed by atoms with E-state index in [0.29, 0.717) is 5.92 Å². The maximum Gasteiger partial charge on any atom is 0.0880 e. The second-order valence-corrected chi connectivity index (χ2v) is 18.0. The topological polar surface area (TPSA) is 12.9 Å². The van der Waals surface area contributed by atoms with Crippen molar-refractivity contribution in [1.82, 2.24) is 4.98 Å². The van der Waals surface area contributed by atoms with E-state index in [1.807, 2.05) is 17.5 Å². The van der Waals surface area contributed by atoms with E-state index in [9.17, 15) is 0 Å². The predicted molar refractivity (Wildman–Crippen MR) is 175 cm³/mol. The summed E-state index contributed by atoms with van der Waals surface area (Å²) in [4.78, 5) is 6.32. The number of hydrogen-bond donors (Lipinski definition) is 0. The number of thiophene rings is 1. The normalized spacial score (nSPS) is 12.1. The average molecular weight is 542 g/mol. The van der Waals surface area contributed by atoms with Gasteiger partial charge in [-0.25, -0.2) is 0 Å². The minimum absolute atomic E-state index is 0.416. The van der Waals surface area contributed by atoms with Gasteiger partial charge < -0.3 is 0 Å². The lowest BCUT2D eigenvalue weighted by atomic mass is 9.90. The molecule has 0 saturated carbocycles. The summed E-state index contributed by atoms with van der Waals surface area (Å²) in [6, 6.07) is 33.7. The molecule has 1 nitrogen and oxygen atoms in total. The Morgan fingerprint density at radius 3 is 2.08 bits per heavy atom. The predicted octanol–water partition coefficient (Wildman–Crippen LogP) is 10.4. The van der Waals surface area contributed by atoms with Crippen LogP contribution in [0, 0.1) is 6.92 Å². The van der Waals surface area contributed by atoms with Gasteiger partial charge in [0.25, 0.3) is 0 Å². The first-order valence-electron chi connectivity index (χ1n) is 13.8. The molecule has 6 aromatic rings. The Balaban J connectivity index is 1.52. The monoisotopic (exact) mass is 541 g/mol. The summed E-state index contributed by atoms with van der Waals surface area (Å²) >= 11 is 1.88. The summed E-state index contributed by atoms with van der Waals surface area (Å²) in [6.07, 6.45) is 1.98. The van der Waals surface area contributed by atoms with Gasteiger partial charge in [-0.15, -0.1) is 11.3 Å². The molecule has 0 aliphatic carbocycles. The maximum absolute atomic E-state index is 4.98. The van der Waals surface area contributed by atoms with Gasteiger partial charge in [0, 0.05) is 16.6 Å².